The Morgan fingerprint density at radius 2 is 2.15 bits per heavy atom. The lowest BCUT2D eigenvalue weighted by Gasteiger charge is -2.27. The third-order valence-corrected chi connectivity index (χ3v) is 6.36. The quantitative estimate of drug-likeness (QED) is 0.295. The molecule has 0 aliphatic carbocycles. The van der Waals surface area contributed by atoms with E-state index in [4.69, 9.17) is 11.1 Å². The molecule has 3 rings (SSSR count). The summed E-state index contributed by atoms with van der Waals surface area (Å²) in [5, 5.41) is 13.9. The largest absolute Gasteiger partial charge is 0.398 e. The van der Waals surface area contributed by atoms with Crippen molar-refractivity contribution >= 4 is 52.6 Å². The molecule has 0 saturated carbocycles. The van der Waals surface area contributed by atoms with Crippen LogP contribution in [-0.4, -0.2) is 24.4 Å². The summed E-state index contributed by atoms with van der Waals surface area (Å²) in [5.41, 5.74) is 8.53. The van der Waals surface area contributed by atoms with Gasteiger partial charge in [-0.05, 0) is 43.5 Å². The third-order valence-electron chi connectivity index (χ3n) is 4.13. The number of rotatable bonds is 5. The number of hydrogen-bond acceptors (Lipinski definition) is 5. The average Bonchev–Trinajstić information content (AvgIpc) is 3.11. The first-order chi connectivity index (χ1) is 12.9. The van der Waals surface area contributed by atoms with Crippen LogP contribution in [0.1, 0.15) is 23.4 Å². The summed E-state index contributed by atoms with van der Waals surface area (Å²) in [4.78, 5) is 25.9. The summed E-state index contributed by atoms with van der Waals surface area (Å²) in [5.74, 6) is -0.308. The SMILES string of the molecule is CSc1ccc(C2NC(=O)NC(C)=C2C(=O)Nc2ccc(N)c(C=[NH2+])c2)s1. The molecular formula is C18H20N5O2S2+. The minimum atomic E-state index is -0.515. The molecule has 1 atom stereocenters. The first-order valence-electron chi connectivity index (χ1n) is 8.10. The standard InChI is InChI=1S/C18H19N5O2S2/c1-9-15(17(24)22-11-3-4-12(20)10(7-11)8-19)16(23-18(25)21-9)13-5-6-14(26-2)27-13/h3-8,16,19H,20H2,1-2H3,(H,22,24)(H2,21,23,25)/p+1. The summed E-state index contributed by atoms with van der Waals surface area (Å²) in [6.45, 7) is 1.71. The molecule has 7 nitrogen and oxygen atoms in total. The first-order valence-corrected chi connectivity index (χ1v) is 10.1. The van der Waals surface area contributed by atoms with Crippen LogP contribution in [0.25, 0.3) is 0 Å². The van der Waals surface area contributed by atoms with Crippen LogP contribution < -0.4 is 27.1 Å². The molecule has 7 N–H and O–H groups in total. The highest BCUT2D eigenvalue weighted by Gasteiger charge is 2.32. The zero-order valence-corrected chi connectivity index (χ0v) is 16.5. The number of thiophene rings is 1. The van der Waals surface area contributed by atoms with Gasteiger partial charge in [-0.1, -0.05) is 0 Å². The highest BCUT2D eigenvalue weighted by atomic mass is 32.2. The van der Waals surface area contributed by atoms with Gasteiger partial charge in [0.1, 0.15) is 0 Å². The van der Waals surface area contributed by atoms with E-state index in [1.807, 2.05) is 18.4 Å². The van der Waals surface area contributed by atoms with Gasteiger partial charge in [-0.2, -0.15) is 0 Å². The zero-order chi connectivity index (χ0) is 19.6. The van der Waals surface area contributed by atoms with Crippen molar-refractivity contribution in [3.05, 3.63) is 52.0 Å². The maximum Gasteiger partial charge on any atom is 0.319 e. The van der Waals surface area contributed by atoms with E-state index in [0.29, 0.717) is 28.2 Å². The highest BCUT2D eigenvalue weighted by Crippen LogP contribution is 2.35. The average molecular weight is 403 g/mol. The Kier molecular flexibility index (Phi) is 5.52. The summed E-state index contributed by atoms with van der Waals surface area (Å²) in [7, 11) is 0. The smallest absolute Gasteiger partial charge is 0.319 e. The number of benzene rings is 1. The molecule has 0 spiro atoms. The van der Waals surface area contributed by atoms with E-state index in [1.54, 1.807) is 48.2 Å². The van der Waals surface area contributed by atoms with Gasteiger partial charge in [0, 0.05) is 21.9 Å². The fraction of sp³-hybridized carbons (Fsp3) is 0.167. The molecule has 27 heavy (non-hydrogen) atoms. The molecule has 0 radical (unpaired) electrons. The predicted octanol–water partition coefficient (Wildman–Crippen LogP) is 1.50. The van der Waals surface area contributed by atoms with Gasteiger partial charge in [0.15, 0.2) is 6.21 Å². The van der Waals surface area contributed by atoms with Crippen molar-refractivity contribution in [2.45, 2.75) is 17.2 Å². The van der Waals surface area contributed by atoms with Crippen LogP contribution >= 0.6 is 23.1 Å². The normalized spacial score (nSPS) is 16.5. The number of carbonyl (C=O) groups excluding carboxylic acids is 2. The number of hydrogen-bond donors (Lipinski definition) is 5. The lowest BCUT2D eigenvalue weighted by Crippen LogP contribution is -2.45. The molecule has 1 aliphatic heterocycles. The minimum Gasteiger partial charge on any atom is -0.398 e. The summed E-state index contributed by atoms with van der Waals surface area (Å²) in [6, 6.07) is 8.14. The molecule has 140 valence electrons. The minimum absolute atomic E-state index is 0.308. The second kappa shape index (κ2) is 7.85. The Labute approximate surface area is 164 Å². The number of urea groups is 1. The van der Waals surface area contributed by atoms with Gasteiger partial charge < -0.3 is 21.7 Å². The van der Waals surface area contributed by atoms with E-state index >= 15 is 0 Å². The third kappa shape index (κ3) is 3.99. The molecule has 1 aromatic carbocycles. The predicted molar refractivity (Wildman–Crippen MR) is 110 cm³/mol. The molecule has 3 amide bonds. The molecular weight excluding hydrogens is 382 g/mol. The Morgan fingerprint density at radius 3 is 2.81 bits per heavy atom. The second-order valence-corrected chi connectivity index (χ2v) is 8.12. The maximum absolute atomic E-state index is 13.0. The van der Waals surface area contributed by atoms with Gasteiger partial charge in [-0.25, -0.2) is 4.79 Å². The molecule has 1 aliphatic rings. The monoisotopic (exact) mass is 402 g/mol. The molecule has 2 aromatic rings. The van der Waals surface area contributed by atoms with E-state index in [9.17, 15) is 9.59 Å². The number of carbonyl (C=O) groups is 2. The summed E-state index contributed by atoms with van der Waals surface area (Å²) in [6.07, 6.45) is 3.37. The topological polar surface area (TPSA) is 122 Å². The number of thioether (sulfide) groups is 1. The van der Waals surface area contributed by atoms with Crippen molar-refractivity contribution in [1.82, 2.24) is 10.6 Å². The molecule has 2 heterocycles. The van der Waals surface area contributed by atoms with Gasteiger partial charge in [0.25, 0.3) is 5.91 Å². The van der Waals surface area contributed by atoms with Crippen LogP contribution in [0.2, 0.25) is 0 Å². The zero-order valence-electron chi connectivity index (χ0n) is 14.8. The number of nitrogens with one attached hydrogen (secondary N) is 3. The van der Waals surface area contributed by atoms with E-state index in [2.05, 4.69) is 16.0 Å². The van der Waals surface area contributed by atoms with Crippen molar-refractivity contribution < 1.29 is 15.0 Å². The number of nitrogen functional groups attached to an aromatic ring is 1. The van der Waals surface area contributed by atoms with Crippen LogP contribution in [0.4, 0.5) is 16.2 Å². The summed E-state index contributed by atoms with van der Waals surface area (Å²) < 4.78 is 1.11. The molecule has 1 unspecified atom stereocenters. The van der Waals surface area contributed by atoms with Crippen LogP contribution in [0.15, 0.2) is 45.8 Å². The lowest BCUT2D eigenvalue weighted by atomic mass is 10.0. The van der Waals surface area contributed by atoms with Crippen LogP contribution in [0.5, 0.6) is 0 Å². The fourth-order valence-electron chi connectivity index (χ4n) is 2.80. The van der Waals surface area contributed by atoms with Crippen molar-refractivity contribution in [3.8, 4) is 0 Å². The number of anilines is 2. The van der Waals surface area contributed by atoms with Crippen molar-refractivity contribution in [1.29, 1.82) is 0 Å². The van der Waals surface area contributed by atoms with Gasteiger partial charge in [-0.3, -0.25) is 10.2 Å². The highest BCUT2D eigenvalue weighted by molar-refractivity contribution is 8.00. The number of allylic oxidation sites excluding steroid dienone is 1. The fourth-order valence-corrected chi connectivity index (χ4v) is 4.43. The van der Waals surface area contributed by atoms with E-state index in [1.165, 1.54) is 6.21 Å². The Bertz CT molecular complexity index is 951. The van der Waals surface area contributed by atoms with Crippen LogP contribution in [0, 0.1) is 0 Å². The van der Waals surface area contributed by atoms with E-state index in [0.717, 1.165) is 9.09 Å². The van der Waals surface area contributed by atoms with E-state index < -0.39 is 6.04 Å². The second-order valence-electron chi connectivity index (χ2n) is 5.90. The lowest BCUT2D eigenvalue weighted by molar-refractivity contribution is -0.113. The Balaban J connectivity index is 1.92. The molecule has 0 bridgehead atoms. The maximum atomic E-state index is 13.0. The Hall–Kier alpha value is -2.78. The first kappa shape index (κ1) is 19.0. The molecule has 1 aromatic heterocycles. The van der Waals surface area contributed by atoms with E-state index in [-0.39, 0.29) is 11.9 Å². The van der Waals surface area contributed by atoms with Crippen molar-refractivity contribution in [2.75, 3.05) is 17.3 Å². The van der Waals surface area contributed by atoms with Gasteiger partial charge in [-0.15, -0.1) is 23.1 Å². The number of amides is 3. The molecule has 0 saturated heterocycles. The van der Waals surface area contributed by atoms with Gasteiger partial charge >= 0.3 is 6.03 Å². The summed E-state index contributed by atoms with van der Waals surface area (Å²) >= 11 is 3.17. The van der Waals surface area contributed by atoms with Gasteiger partial charge in [0.2, 0.25) is 0 Å². The van der Waals surface area contributed by atoms with Crippen LogP contribution in [0.3, 0.4) is 0 Å². The number of nitrogens with two attached hydrogens (primary N) is 2. The molecule has 9 heteroatoms. The van der Waals surface area contributed by atoms with Crippen molar-refractivity contribution in [2.24, 2.45) is 0 Å². The van der Waals surface area contributed by atoms with Crippen LogP contribution in [-0.2, 0) is 4.79 Å². The Morgan fingerprint density at radius 1 is 1.37 bits per heavy atom. The van der Waals surface area contributed by atoms with Gasteiger partial charge in [0.05, 0.1) is 21.4 Å². The van der Waals surface area contributed by atoms with Crippen molar-refractivity contribution in [3.63, 3.8) is 0 Å². The molecule has 0 fully saturated rings.